The zero-order valence-electron chi connectivity index (χ0n) is 13.5. The molecule has 126 valence electrons. The molecule has 5 nitrogen and oxygen atoms in total. The monoisotopic (exact) mass is 354 g/mol. The number of nitrogens with zero attached hydrogens (tertiary/aromatic N) is 2. The average Bonchev–Trinajstić information content (AvgIpc) is 2.85. The summed E-state index contributed by atoms with van der Waals surface area (Å²) in [6, 6.07) is 7.98. The van der Waals surface area contributed by atoms with E-state index in [0.717, 1.165) is 11.3 Å². The molecule has 2 fully saturated rings. The van der Waals surface area contributed by atoms with Crippen molar-refractivity contribution < 1.29 is 13.2 Å². The number of hydrogen-bond donors (Lipinski definition) is 0. The van der Waals surface area contributed by atoms with E-state index in [2.05, 4.69) is 0 Å². The lowest BCUT2D eigenvalue weighted by atomic mass is 10.0. The molecule has 0 aliphatic carbocycles. The lowest BCUT2D eigenvalue weighted by molar-refractivity contribution is -0.116. The summed E-state index contributed by atoms with van der Waals surface area (Å²) in [5.41, 5.74) is 2.07. The standard InChI is InChI=1S/C16H22N2O3S2/c1-3-23(20,21)17-10-8-16(9-11-17)18(15(19)12-22-16)14-6-4-13(2)5-7-14/h4-7H,3,8-12H2,1-2H3. The van der Waals surface area contributed by atoms with Crippen LogP contribution in [0, 0.1) is 6.92 Å². The topological polar surface area (TPSA) is 57.7 Å². The van der Waals surface area contributed by atoms with E-state index in [4.69, 9.17) is 0 Å². The van der Waals surface area contributed by atoms with Gasteiger partial charge in [-0.2, -0.15) is 0 Å². The number of anilines is 1. The number of amides is 1. The van der Waals surface area contributed by atoms with Crippen LogP contribution >= 0.6 is 11.8 Å². The molecule has 1 amide bonds. The zero-order valence-corrected chi connectivity index (χ0v) is 15.1. The van der Waals surface area contributed by atoms with Crippen molar-refractivity contribution in [3.63, 3.8) is 0 Å². The van der Waals surface area contributed by atoms with Crippen molar-refractivity contribution >= 4 is 33.4 Å². The zero-order chi connectivity index (χ0) is 16.7. The van der Waals surface area contributed by atoms with Crippen molar-refractivity contribution in [1.29, 1.82) is 0 Å². The second-order valence-corrected chi connectivity index (χ2v) is 9.69. The minimum absolute atomic E-state index is 0.116. The molecule has 23 heavy (non-hydrogen) atoms. The normalized spacial score (nSPS) is 22.0. The molecule has 0 aromatic heterocycles. The third-order valence-corrected chi connectivity index (χ3v) is 8.08. The second-order valence-electron chi connectivity index (χ2n) is 6.10. The Labute approximate surface area is 142 Å². The highest BCUT2D eigenvalue weighted by Gasteiger charge is 2.49. The van der Waals surface area contributed by atoms with Gasteiger partial charge in [0.1, 0.15) is 0 Å². The fraction of sp³-hybridized carbons (Fsp3) is 0.562. The summed E-state index contributed by atoms with van der Waals surface area (Å²) in [7, 11) is -3.15. The SMILES string of the molecule is CCS(=O)(=O)N1CCC2(CC1)SCC(=O)N2c1ccc(C)cc1. The average molecular weight is 354 g/mol. The van der Waals surface area contributed by atoms with Crippen molar-refractivity contribution in [3.05, 3.63) is 29.8 Å². The van der Waals surface area contributed by atoms with Gasteiger partial charge in [-0.1, -0.05) is 17.7 Å². The Bertz CT molecular complexity index is 693. The van der Waals surface area contributed by atoms with Gasteiger partial charge in [-0.15, -0.1) is 11.8 Å². The molecule has 0 atom stereocenters. The predicted octanol–water partition coefficient (Wildman–Crippen LogP) is 2.22. The number of sulfonamides is 1. The summed E-state index contributed by atoms with van der Waals surface area (Å²) < 4.78 is 25.7. The number of piperidine rings is 1. The van der Waals surface area contributed by atoms with Crippen molar-refractivity contribution in [1.82, 2.24) is 4.31 Å². The number of thioether (sulfide) groups is 1. The summed E-state index contributed by atoms with van der Waals surface area (Å²) in [4.78, 5) is 14.0. The van der Waals surface area contributed by atoms with Gasteiger partial charge in [0.05, 0.1) is 16.4 Å². The molecule has 1 aromatic carbocycles. The molecular weight excluding hydrogens is 332 g/mol. The van der Waals surface area contributed by atoms with Gasteiger partial charge in [-0.25, -0.2) is 12.7 Å². The smallest absolute Gasteiger partial charge is 0.238 e. The minimum Gasteiger partial charge on any atom is -0.296 e. The van der Waals surface area contributed by atoms with E-state index in [9.17, 15) is 13.2 Å². The summed E-state index contributed by atoms with van der Waals surface area (Å²) >= 11 is 1.66. The van der Waals surface area contributed by atoms with Crippen LogP contribution in [0.15, 0.2) is 24.3 Å². The number of rotatable bonds is 3. The molecule has 2 saturated heterocycles. The van der Waals surface area contributed by atoms with E-state index < -0.39 is 10.0 Å². The van der Waals surface area contributed by atoms with Crippen LogP contribution in [0.2, 0.25) is 0 Å². The van der Waals surface area contributed by atoms with E-state index >= 15 is 0 Å². The number of carbonyl (C=O) groups is 1. The highest BCUT2D eigenvalue weighted by atomic mass is 32.2. The third-order valence-electron chi connectivity index (χ3n) is 4.68. The first-order valence-corrected chi connectivity index (χ1v) is 10.5. The molecule has 2 aliphatic heterocycles. The van der Waals surface area contributed by atoms with E-state index in [-0.39, 0.29) is 16.5 Å². The Morgan fingerprint density at radius 2 is 1.78 bits per heavy atom. The highest BCUT2D eigenvalue weighted by molar-refractivity contribution is 8.02. The Morgan fingerprint density at radius 3 is 2.35 bits per heavy atom. The Kier molecular flexibility index (Phi) is 4.46. The quantitative estimate of drug-likeness (QED) is 0.835. The van der Waals surface area contributed by atoms with Gasteiger partial charge in [-0.05, 0) is 38.8 Å². The van der Waals surface area contributed by atoms with Crippen molar-refractivity contribution in [2.75, 3.05) is 29.5 Å². The molecule has 1 aromatic rings. The molecule has 0 saturated carbocycles. The maximum Gasteiger partial charge on any atom is 0.238 e. The maximum absolute atomic E-state index is 12.4. The largest absolute Gasteiger partial charge is 0.296 e. The molecule has 2 aliphatic rings. The first-order valence-electron chi connectivity index (χ1n) is 7.89. The van der Waals surface area contributed by atoms with E-state index in [0.29, 0.717) is 31.7 Å². The number of benzene rings is 1. The molecule has 1 spiro atoms. The summed E-state index contributed by atoms with van der Waals surface area (Å²) in [6.07, 6.45) is 1.35. The minimum atomic E-state index is -3.15. The summed E-state index contributed by atoms with van der Waals surface area (Å²) in [5.74, 6) is 0.716. The van der Waals surface area contributed by atoms with Crippen LogP contribution < -0.4 is 4.90 Å². The first-order chi connectivity index (χ1) is 10.9. The lowest BCUT2D eigenvalue weighted by Crippen LogP contribution is -2.53. The Morgan fingerprint density at radius 1 is 1.17 bits per heavy atom. The maximum atomic E-state index is 12.4. The van der Waals surface area contributed by atoms with Gasteiger partial charge < -0.3 is 0 Å². The van der Waals surface area contributed by atoms with Gasteiger partial charge in [0, 0.05) is 18.8 Å². The van der Waals surface area contributed by atoms with Gasteiger partial charge in [0.25, 0.3) is 0 Å². The highest BCUT2D eigenvalue weighted by Crippen LogP contribution is 2.47. The number of aryl methyl sites for hydroxylation is 1. The fourth-order valence-corrected chi connectivity index (χ4v) is 5.72. The fourth-order valence-electron chi connectivity index (χ4n) is 3.29. The van der Waals surface area contributed by atoms with Gasteiger partial charge in [-0.3, -0.25) is 9.69 Å². The van der Waals surface area contributed by atoms with Crippen molar-refractivity contribution in [2.45, 2.75) is 31.6 Å². The second kappa shape index (κ2) is 6.11. The van der Waals surface area contributed by atoms with Crippen LogP contribution in [0.25, 0.3) is 0 Å². The summed E-state index contributed by atoms with van der Waals surface area (Å²) in [6.45, 7) is 4.66. The molecular formula is C16H22N2O3S2. The molecule has 0 bridgehead atoms. The lowest BCUT2D eigenvalue weighted by Gasteiger charge is -2.43. The van der Waals surface area contributed by atoms with Crippen molar-refractivity contribution in [3.8, 4) is 0 Å². The summed E-state index contributed by atoms with van der Waals surface area (Å²) in [5, 5.41) is 0. The predicted molar refractivity (Wildman–Crippen MR) is 94.1 cm³/mol. The van der Waals surface area contributed by atoms with Crippen LogP contribution in [-0.2, 0) is 14.8 Å². The Balaban J connectivity index is 1.84. The van der Waals surface area contributed by atoms with Crippen molar-refractivity contribution in [2.24, 2.45) is 0 Å². The molecule has 0 unspecified atom stereocenters. The molecule has 0 radical (unpaired) electrons. The Hall–Kier alpha value is -1.05. The van der Waals surface area contributed by atoms with Crippen LogP contribution in [0.1, 0.15) is 25.3 Å². The molecule has 3 rings (SSSR count). The number of hydrogen-bond acceptors (Lipinski definition) is 4. The van der Waals surface area contributed by atoms with Crippen LogP contribution in [0.3, 0.4) is 0 Å². The van der Waals surface area contributed by atoms with Crippen LogP contribution in [0.4, 0.5) is 5.69 Å². The van der Waals surface area contributed by atoms with E-state index in [1.807, 2.05) is 36.1 Å². The number of carbonyl (C=O) groups excluding carboxylic acids is 1. The molecule has 2 heterocycles. The third kappa shape index (κ3) is 3.02. The first kappa shape index (κ1) is 16.8. The van der Waals surface area contributed by atoms with Gasteiger partial charge in [0.15, 0.2) is 0 Å². The van der Waals surface area contributed by atoms with Crippen LogP contribution in [0.5, 0.6) is 0 Å². The van der Waals surface area contributed by atoms with Crippen LogP contribution in [-0.4, -0.2) is 48.1 Å². The molecule has 7 heteroatoms. The van der Waals surface area contributed by atoms with Gasteiger partial charge in [0.2, 0.25) is 15.9 Å². The van der Waals surface area contributed by atoms with E-state index in [1.165, 1.54) is 0 Å². The van der Waals surface area contributed by atoms with Gasteiger partial charge >= 0.3 is 0 Å². The van der Waals surface area contributed by atoms with E-state index in [1.54, 1.807) is 23.0 Å². The molecule has 0 N–H and O–H groups in total.